The summed E-state index contributed by atoms with van der Waals surface area (Å²) in [5.74, 6) is -1.04. The summed E-state index contributed by atoms with van der Waals surface area (Å²) in [5.41, 5.74) is 1.57. The van der Waals surface area contributed by atoms with Gasteiger partial charge in [-0.1, -0.05) is 18.2 Å². The van der Waals surface area contributed by atoms with E-state index in [1.54, 1.807) is 54.5 Å². The van der Waals surface area contributed by atoms with Gasteiger partial charge in [-0.15, -0.1) is 0 Å². The smallest absolute Gasteiger partial charge is 0.313 e. The summed E-state index contributed by atoms with van der Waals surface area (Å²) < 4.78 is 16.6. The Morgan fingerprint density at radius 1 is 1.17 bits per heavy atom. The molecule has 7 heteroatoms. The molecule has 4 rings (SSSR count). The van der Waals surface area contributed by atoms with Gasteiger partial charge in [0.25, 0.3) is 5.91 Å². The molecule has 2 aromatic rings. The number of carbonyl (C=O) groups excluding carboxylic acids is 1. The third kappa shape index (κ3) is 3.50. The Hall–Kier alpha value is -3.06. The molecule has 3 unspecified atom stereocenters. The number of ether oxygens (including phenoxy) is 3. The Morgan fingerprint density at radius 2 is 1.97 bits per heavy atom. The number of carboxylic acid groups (broad SMARTS) is 1. The Morgan fingerprint density at radius 3 is 2.63 bits per heavy atom. The summed E-state index contributed by atoms with van der Waals surface area (Å²) in [6, 6.07) is 11.5. The van der Waals surface area contributed by atoms with E-state index in [4.69, 9.17) is 14.2 Å². The quantitative estimate of drug-likeness (QED) is 0.786. The molecule has 0 aromatic heterocycles. The zero-order valence-electron chi connectivity index (χ0n) is 17.0. The van der Waals surface area contributed by atoms with E-state index in [0.717, 1.165) is 12.8 Å². The molecule has 3 atom stereocenters. The molecule has 2 aliphatic rings. The molecule has 2 aromatic carbocycles. The van der Waals surface area contributed by atoms with Gasteiger partial charge in [0.1, 0.15) is 17.4 Å². The van der Waals surface area contributed by atoms with Crippen LogP contribution in [0.1, 0.15) is 46.3 Å². The van der Waals surface area contributed by atoms with Crippen molar-refractivity contribution in [1.82, 2.24) is 4.90 Å². The normalized spacial score (nSPS) is 23.2. The van der Waals surface area contributed by atoms with Crippen molar-refractivity contribution in [3.05, 3.63) is 59.2 Å². The molecule has 7 nitrogen and oxygen atoms in total. The Bertz CT molecular complexity index is 952. The van der Waals surface area contributed by atoms with Crippen LogP contribution in [0.5, 0.6) is 11.5 Å². The van der Waals surface area contributed by atoms with Crippen LogP contribution in [-0.2, 0) is 9.53 Å². The zero-order valence-corrected chi connectivity index (χ0v) is 17.0. The summed E-state index contributed by atoms with van der Waals surface area (Å²) in [6.45, 7) is 0.985. The minimum absolute atomic E-state index is 0.111. The Balaban J connectivity index is 1.88. The molecule has 30 heavy (non-hydrogen) atoms. The molecule has 1 amide bonds. The molecule has 2 heterocycles. The van der Waals surface area contributed by atoms with Gasteiger partial charge in [0.2, 0.25) is 0 Å². The largest absolute Gasteiger partial charge is 0.497 e. The monoisotopic (exact) mass is 411 g/mol. The predicted octanol–water partition coefficient (Wildman–Crippen LogP) is 3.25. The maximum absolute atomic E-state index is 13.5. The van der Waals surface area contributed by atoms with Crippen molar-refractivity contribution < 1.29 is 28.9 Å². The molecule has 0 radical (unpaired) electrons. The molecular weight excluding hydrogens is 386 g/mol. The number of amides is 1. The van der Waals surface area contributed by atoms with E-state index >= 15 is 0 Å². The molecule has 158 valence electrons. The first-order chi connectivity index (χ1) is 14.5. The van der Waals surface area contributed by atoms with Crippen LogP contribution in [0, 0.1) is 0 Å². The lowest BCUT2D eigenvalue weighted by atomic mass is 9.79. The first-order valence-corrected chi connectivity index (χ1v) is 10.0. The number of rotatable bonds is 6. The summed E-state index contributed by atoms with van der Waals surface area (Å²) >= 11 is 0. The van der Waals surface area contributed by atoms with Gasteiger partial charge in [-0.2, -0.15) is 0 Å². The number of hydrogen-bond acceptors (Lipinski definition) is 5. The summed E-state index contributed by atoms with van der Waals surface area (Å²) in [7, 11) is 3.08. The van der Waals surface area contributed by atoms with Crippen molar-refractivity contribution in [3.8, 4) is 11.5 Å². The third-order valence-electron chi connectivity index (χ3n) is 5.89. The molecule has 0 aliphatic carbocycles. The molecule has 1 N–H and O–H groups in total. The van der Waals surface area contributed by atoms with Gasteiger partial charge in [0, 0.05) is 30.3 Å². The van der Waals surface area contributed by atoms with Crippen molar-refractivity contribution in [2.24, 2.45) is 0 Å². The van der Waals surface area contributed by atoms with Crippen LogP contribution >= 0.6 is 0 Å². The summed E-state index contributed by atoms with van der Waals surface area (Å²) in [6.07, 6.45) is 1.66. The highest BCUT2D eigenvalue weighted by atomic mass is 16.5. The van der Waals surface area contributed by atoms with E-state index in [-0.39, 0.29) is 12.0 Å². The average molecular weight is 411 g/mol. The molecular formula is C23H25NO6. The highest BCUT2D eigenvalue weighted by Crippen LogP contribution is 2.46. The van der Waals surface area contributed by atoms with Crippen LogP contribution in [0.3, 0.4) is 0 Å². The first kappa shape index (κ1) is 20.2. The summed E-state index contributed by atoms with van der Waals surface area (Å²) in [4.78, 5) is 27.6. The lowest BCUT2D eigenvalue weighted by Crippen LogP contribution is -2.47. The van der Waals surface area contributed by atoms with Crippen molar-refractivity contribution in [3.63, 3.8) is 0 Å². The van der Waals surface area contributed by atoms with E-state index in [2.05, 4.69) is 0 Å². The maximum atomic E-state index is 13.5. The second kappa shape index (κ2) is 8.36. The van der Waals surface area contributed by atoms with Crippen molar-refractivity contribution in [2.75, 3.05) is 27.4 Å². The van der Waals surface area contributed by atoms with Crippen LogP contribution in [0.15, 0.2) is 42.5 Å². The van der Waals surface area contributed by atoms with Gasteiger partial charge in [0.05, 0.1) is 26.4 Å². The first-order valence-electron chi connectivity index (χ1n) is 10.0. The lowest BCUT2D eigenvalue weighted by molar-refractivity contribution is -0.140. The standard InChI is InChI=1S/C23H25NO6/c1-28-14-9-10-18(19(12-14)29-2)21-20(23(26)27)16-7-3-4-8-17(16)22(25)24(21)13-15-6-5-11-30-15/h3-4,7-10,12,15,20-21H,5-6,11,13H2,1-2H3,(H,26,27). The SMILES string of the molecule is COc1ccc(C2C(C(=O)O)c3ccccc3C(=O)N2CC2CCCO2)c(OC)c1. The lowest BCUT2D eigenvalue weighted by Gasteiger charge is -2.42. The Kier molecular flexibility index (Phi) is 5.63. The highest BCUT2D eigenvalue weighted by Gasteiger charge is 2.46. The van der Waals surface area contributed by atoms with E-state index < -0.39 is 17.9 Å². The van der Waals surface area contributed by atoms with Gasteiger partial charge in [-0.3, -0.25) is 9.59 Å². The predicted molar refractivity (Wildman–Crippen MR) is 109 cm³/mol. The van der Waals surface area contributed by atoms with Gasteiger partial charge < -0.3 is 24.2 Å². The fourth-order valence-electron chi connectivity index (χ4n) is 4.48. The number of methoxy groups -OCH3 is 2. The van der Waals surface area contributed by atoms with Gasteiger partial charge in [-0.25, -0.2) is 0 Å². The van der Waals surface area contributed by atoms with Crippen molar-refractivity contribution in [2.45, 2.75) is 30.9 Å². The van der Waals surface area contributed by atoms with E-state index in [1.807, 2.05) is 0 Å². The van der Waals surface area contributed by atoms with E-state index in [9.17, 15) is 14.7 Å². The molecule has 2 aliphatic heterocycles. The van der Waals surface area contributed by atoms with Crippen LogP contribution in [0.2, 0.25) is 0 Å². The van der Waals surface area contributed by atoms with Crippen molar-refractivity contribution >= 4 is 11.9 Å². The minimum atomic E-state index is -0.991. The van der Waals surface area contributed by atoms with Crippen LogP contribution in [0.4, 0.5) is 0 Å². The number of carbonyl (C=O) groups is 2. The number of aliphatic carboxylic acids is 1. The van der Waals surface area contributed by atoms with Gasteiger partial charge in [-0.05, 0) is 36.6 Å². The van der Waals surface area contributed by atoms with Crippen LogP contribution in [0.25, 0.3) is 0 Å². The third-order valence-corrected chi connectivity index (χ3v) is 5.89. The average Bonchev–Trinajstić information content (AvgIpc) is 3.28. The second-order valence-corrected chi connectivity index (χ2v) is 7.55. The van der Waals surface area contributed by atoms with Crippen LogP contribution in [-0.4, -0.2) is 55.4 Å². The second-order valence-electron chi connectivity index (χ2n) is 7.55. The molecule has 0 bridgehead atoms. The fraction of sp³-hybridized carbons (Fsp3) is 0.391. The van der Waals surface area contributed by atoms with Crippen LogP contribution < -0.4 is 9.47 Å². The number of nitrogens with zero attached hydrogens (tertiary/aromatic N) is 1. The minimum Gasteiger partial charge on any atom is -0.497 e. The fourth-order valence-corrected chi connectivity index (χ4v) is 4.48. The summed E-state index contributed by atoms with van der Waals surface area (Å²) in [5, 5.41) is 10.2. The molecule has 0 spiro atoms. The Labute approximate surface area is 175 Å². The molecule has 0 saturated carbocycles. The molecule has 1 saturated heterocycles. The maximum Gasteiger partial charge on any atom is 0.313 e. The highest BCUT2D eigenvalue weighted by molar-refractivity contribution is 6.00. The number of fused-ring (bicyclic) bond motifs is 1. The number of hydrogen-bond donors (Lipinski definition) is 1. The zero-order chi connectivity index (χ0) is 21.3. The van der Waals surface area contributed by atoms with Crippen molar-refractivity contribution in [1.29, 1.82) is 0 Å². The topological polar surface area (TPSA) is 85.3 Å². The number of carboxylic acids is 1. The number of benzene rings is 2. The molecule has 1 fully saturated rings. The van der Waals surface area contributed by atoms with Gasteiger partial charge >= 0.3 is 5.97 Å². The van der Waals surface area contributed by atoms with Gasteiger partial charge in [0.15, 0.2) is 0 Å². The van der Waals surface area contributed by atoms with E-state index in [0.29, 0.717) is 41.3 Å². The van der Waals surface area contributed by atoms with E-state index in [1.165, 1.54) is 7.11 Å².